The van der Waals surface area contributed by atoms with Gasteiger partial charge in [0.15, 0.2) is 11.5 Å². The van der Waals surface area contributed by atoms with Gasteiger partial charge in [-0.15, -0.1) is 0 Å². The van der Waals surface area contributed by atoms with Crippen molar-refractivity contribution in [3.05, 3.63) is 129 Å². The molecule has 3 heterocycles. The van der Waals surface area contributed by atoms with Crippen LogP contribution in [0, 0.1) is 5.82 Å². The predicted molar refractivity (Wildman–Crippen MR) is 748 cm³/mol. The number of fused-ring (bicyclic) bond motifs is 6. The van der Waals surface area contributed by atoms with Gasteiger partial charge in [-0.3, -0.25) is 4.90 Å². The van der Waals surface area contributed by atoms with E-state index in [0.29, 0.717) is 6.61 Å². The van der Waals surface area contributed by atoms with Crippen LogP contribution < -0.4 is 9.47 Å². The molecule has 0 bridgehead atoms. The molecule has 109 heteroatoms. The number of hydrogen-bond donors (Lipinski definition) is 1. The van der Waals surface area contributed by atoms with Gasteiger partial charge in [0.05, 0.1) is 13.2 Å². The summed E-state index contributed by atoms with van der Waals surface area (Å²) in [4.78, 5) is 6.29. The number of methoxy groups -OCH3 is 1. The van der Waals surface area contributed by atoms with Gasteiger partial charge in [0, 0.05) is 762 Å². The van der Waals surface area contributed by atoms with Gasteiger partial charge < -0.3 is 14.5 Å². The van der Waals surface area contributed by atoms with Crippen molar-refractivity contribution in [3.63, 3.8) is 0 Å². The van der Waals surface area contributed by atoms with E-state index in [4.69, 9.17) is 412 Å². The minimum absolute atomic E-state index is 0.00122. The van der Waals surface area contributed by atoms with E-state index >= 15 is 0 Å². The lowest BCUT2D eigenvalue weighted by Crippen LogP contribution is -3.01. The molecular formula is C33H28B103BrFN2O2. The quantitative estimate of drug-likeness (QED) is 0.0394. The zero-order valence-electron chi connectivity index (χ0n) is 81.1. The molecule has 505 valence electrons. The summed E-state index contributed by atoms with van der Waals surface area (Å²) in [5.74, 6) is 1.30. The molecular weight excluding hydrogens is 1670 g/mol. The molecule has 1 N–H and O–H groups in total. The highest BCUT2D eigenvalue weighted by Gasteiger charge is 2.69. The van der Waals surface area contributed by atoms with E-state index in [0.717, 1.165) is 59.1 Å². The molecule has 4 nitrogen and oxygen atoms in total. The normalized spacial score (nSPS) is 12.2. The van der Waals surface area contributed by atoms with E-state index in [1.54, 1.807) is 19.2 Å². The smallest absolute Gasteiger partial charge is 0.161 e. The Balaban J connectivity index is 0.000000641. The molecule has 105 radical (unpaired) electrons. The van der Waals surface area contributed by atoms with Crippen LogP contribution in [-0.2, 0) is 19.4 Å². The third-order valence-corrected chi connectivity index (χ3v) is 30.6. The Morgan fingerprint density at radius 2 is 0.599 bits per heavy atom. The van der Waals surface area contributed by atoms with Crippen LogP contribution in [0.4, 0.5) is 4.39 Å². The summed E-state index contributed by atoms with van der Waals surface area (Å²) in [5, 5.41) is 1.24. The summed E-state index contributed by atoms with van der Waals surface area (Å²) in [5.41, 5.74) is 8.42. The number of benzene rings is 4. The fourth-order valence-electron chi connectivity index (χ4n) is 24.9. The minimum atomic E-state index is -2.36. The Labute approximate surface area is 954 Å². The highest BCUT2D eigenvalue weighted by Crippen LogP contribution is 2.50. The van der Waals surface area contributed by atoms with Gasteiger partial charge in [-0.1, -0.05) is 64.5 Å². The van der Waals surface area contributed by atoms with Crippen LogP contribution in [0.2, 0.25) is 0 Å². The standard InChI is InChI=1S/C33H28BrFN2O2.B103/c1-38-30-18-26-22(15-31(30)39-19-20-5-3-2-4-6-20)13-14-37-29(26)17-27-25-12-9-23(34)16-28(25)36-32(27)33(37)21-7-10-24(35)11-8-21;1-53-79(52)92(78(50)51)99(93(80(54(2)3)55(4)5)81(56(6)7)57(8)9)102(98(90(74(42)43)75(44)45)91(76(46)47)77(48)49)103(100(94(82(58(10)11)59(12)13)83(60(14)15)61(16)17)95(84(62(18)19)63(20)21)85(64(22)23)65(24)25)101(96(86(66(26)27)67(28)29)87(68(30)31)69(32)33)97(88(70(34)35)71(36)37)89(72(38)39)73(40)41/h2-12,15-16,18,29,33,36H,13-14,17,19H2,1H3;. The van der Waals surface area contributed by atoms with E-state index in [1.165, 1.54) is 27.8 Å². The van der Waals surface area contributed by atoms with E-state index in [9.17, 15) is 4.39 Å². The average Bonchev–Trinajstić information content (AvgIpc) is 0.855. The maximum atomic E-state index is 13.9. The lowest BCUT2D eigenvalue weighted by atomic mass is 8.18. The summed E-state index contributed by atoms with van der Waals surface area (Å²) in [7, 11) is 374. The molecule has 2 atom stereocenters. The third-order valence-electron chi connectivity index (χ3n) is 30.2. The van der Waals surface area contributed by atoms with Gasteiger partial charge in [0.2, 0.25) is 0 Å². The number of hydrogen-bond acceptors (Lipinski definition) is 3. The topological polar surface area (TPSA) is 37.5 Å². The first-order valence-electron chi connectivity index (χ1n) is 47.3. The van der Waals surface area contributed by atoms with Crippen LogP contribution in [0.1, 0.15) is 45.6 Å². The van der Waals surface area contributed by atoms with Crippen molar-refractivity contribution in [2.24, 2.45) is 0 Å². The van der Waals surface area contributed by atoms with Crippen LogP contribution in [0.15, 0.2) is 89.4 Å². The van der Waals surface area contributed by atoms with Crippen LogP contribution in [0.25, 0.3) is 10.9 Å². The largest absolute Gasteiger partial charge is 0.493 e. The monoisotopic (exact) mass is 1720 g/mol. The number of aromatic amines is 1. The van der Waals surface area contributed by atoms with E-state index < -0.39 is 319 Å². The van der Waals surface area contributed by atoms with Crippen molar-refractivity contribution in [2.45, 2.75) is 31.5 Å². The second kappa shape index (κ2) is 60.9. The molecule has 7 rings (SSSR count). The number of ether oxygens (including phenoxy) is 2. The molecule has 0 fully saturated rings. The van der Waals surface area contributed by atoms with Crippen LogP contribution in [0.3, 0.4) is 0 Å². The maximum Gasteiger partial charge on any atom is 0.161 e. The Morgan fingerprint density at radius 1 is 0.331 bits per heavy atom. The molecule has 4 aromatic carbocycles. The Hall–Kier alpha value is 3.08. The zero-order valence-corrected chi connectivity index (χ0v) is 82.6. The van der Waals surface area contributed by atoms with Gasteiger partial charge in [0.25, 0.3) is 0 Å². The Bertz CT molecular complexity index is 4070. The lowest BCUT2D eigenvalue weighted by Gasteiger charge is -2.63. The molecule has 1 aromatic heterocycles. The molecule has 2 aliphatic heterocycles. The molecule has 5 aromatic rings. The number of aromatic nitrogens is 1. The number of halogens is 2. The number of rotatable bonds is 55. The van der Waals surface area contributed by atoms with Crippen molar-refractivity contribution < 1.29 is 13.9 Å². The number of H-pyrrole nitrogens is 1. The first-order valence-corrected chi connectivity index (χ1v) is 48.1. The predicted octanol–water partition coefficient (Wildman–Crippen LogP) is -31.3. The van der Waals surface area contributed by atoms with Crippen molar-refractivity contribution >= 4 is 755 Å². The van der Waals surface area contributed by atoms with Gasteiger partial charge >= 0.3 is 0 Å². The van der Waals surface area contributed by atoms with Crippen LogP contribution in [-0.4, -0.2) is 752 Å². The number of nitrogens with zero attached hydrogens (tertiary/aromatic N) is 1. The summed E-state index contributed by atoms with van der Waals surface area (Å²) >= 11 is 3.63. The van der Waals surface area contributed by atoms with Crippen molar-refractivity contribution in [1.29, 1.82) is 0 Å². The first-order chi connectivity index (χ1) is 66.0. The highest BCUT2D eigenvalue weighted by atomic mass is 79.9. The van der Waals surface area contributed by atoms with Gasteiger partial charge in [0.1, 0.15) is 12.4 Å². The number of nitrogens with one attached hydrogen (secondary N) is 1. The van der Waals surface area contributed by atoms with E-state index in [-0.39, 0.29) is 17.9 Å². The van der Waals surface area contributed by atoms with E-state index in [2.05, 4.69) is 68.3 Å². The lowest BCUT2D eigenvalue weighted by molar-refractivity contribution is 0.127. The van der Waals surface area contributed by atoms with Crippen LogP contribution in [0.5, 0.6) is 11.5 Å². The molecule has 0 aliphatic carbocycles. The van der Waals surface area contributed by atoms with Gasteiger partial charge in [-0.2, -0.15) is 0 Å². The maximum absolute atomic E-state index is 13.9. The summed E-state index contributed by atoms with van der Waals surface area (Å²) < 4.78 is 27.1. The van der Waals surface area contributed by atoms with E-state index in [1.807, 2.05) is 30.3 Å². The zero-order chi connectivity index (χ0) is 108. The molecule has 0 saturated heterocycles. The highest BCUT2D eigenvalue weighted by molar-refractivity contribution is 9.10. The molecule has 142 heavy (non-hydrogen) atoms. The third kappa shape index (κ3) is 32.9. The Kier molecular flexibility index (Phi) is 57.3. The second-order valence-corrected chi connectivity index (χ2v) is 40.3. The first kappa shape index (κ1) is 134. The summed E-state index contributed by atoms with van der Waals surface area (Å²) in [6, 6.07) is 28.1. The average molecular weight is 1700 g/mol. The van der Waals surface area contributed by atoms with Gasteiger partial charge in [-0.05, 0) is 77.1 Å². The second-order valence-electron chi connectivity index (χ2n) is 39.4. The minimum Gasteiger partial charge on any atom is -0.493 e. The fraction of sp³-hybridized carbons (Fsp3) is 0.212. The molecule has 2 unspecified atom stereocenters. The summed E-state index contributed by atoms with van der Waals surface area (Å²) in [6.45, 7) is 1.38. The molecule has 2 aliphatic rings. The molecule has 0 amide bonds. The van der Waals surface area contributed by atoms with Crippen LogP contribution >= 0.6 is 15.9 Å². The molecule has 0 saturated carbocycles. The van der Waals surface area contributed by atoms with Crippen molar-refractivity contribution in [3.8, 4) is 11.5 Å². The van der Waals surface area contributed by atoms with Crippen molar-refractivity contribution in [2.75, 3.05) is 13.7 Å². The Morgan fingerprint density at radius 3 is 0.859 bits per heavy atom. The molecule has 0 spiro atoms. The summed E-state index contributed by atoms with van der Waals surface area (Å²) in [6.07, 6.45) is -94.3. The van der Waals surface area contributed by atoms with Crippen molar-refractivity contribution in [1.82, 2.24) is 9.88 Å². The fourth-order valence-corrected chi connectivity index (χ4v) is 25.3. The SMILES string of the molecule is COc1cc2c(cc1OCc1ccccc1)CCN1C2Cc2c([nH]c3cc(Br)ccc23)C1c1ccc(F)cc1.[B][B]B([B])B(B([B])[B])B(B(B(B([B])[B])B([B])[B])B(B([B])[B])B([B])[B])B(B(B(B([B])[B])B([B])[B])B(B([B])[B])B([B])[B])B(B(B(B(B([B])[B])B([B])[B])B(B([B])[B])B([B])[B])B(B(B([B])[B])B([B])[B])B(B([B])[B])B([B])[B])B(B(B(B([B])[B])B([B])[B])B(B([B])[B])B([B])[B])B(B(B([B])[B])B([B])[B])B(B([B])[B])B([B])[B]. The van der Waals surface area contributed by atoms with Gasteiger partial charge in [-0.25, -0.2) is 4.39 Å².